The van der Waals surface area contributed by atoms with Gasteiger partial charge < -0.3 is 5.32 Å². The topological polar surface area (TPSA) is 12.0 Å². The Morgan fingerprint density at radius 3 is 2.62 bits per heavy atom. The number of para-hydroxylation sites is 1. The third-order valence-corrected chi connectivity index (χ3v) is 2.23. The van der Waals surface area contributed by atoms with Crippen molar-refractivity contribution in [3.8, 4) is 0 Å². The molecule has 1 atom stereocenters. The maximum atomic E-state index is 4.05. The van der Waals surface area contributed by atoms with E-state index in [1.54, 1.807) is 0 Å². The van der Waals surface area contributed by atoms with E-state index in [1.165, 1.54) is 5.69 Å². The molecule has 1 radical (unpaired) electrons. The molecule has 1 N–H and O–H groups in total. The van der Waals surface area contributed by atoms with Gasteiger partial charge in [0.05, 0.1) is 0 Å². The highest BCUT2D eigenvalue weighted by Crippen LogP contribution is 2.08. The van der Waals surface area contributed by atoms with Gasteiger partial charge in [-0.15, -0.1) is 0 Å². The zero-order valence-corrected chi connectivity index (χ0v) is 8.29. The highest BCUT2D eigenvalue weighted by molar-refractivity contribution is 5.42. The van der Waals surface area contributed by atoms with Crippen LogP contribution in [-0.2, 0) is 0 Å². The fourth-order valence-corrected chi connectivity index (χ4v) is 1.18. The molecule has 0 saturated heterocycles. The predicted octanol–water partition coefficient (Wildman–Crippen LogP) is 3.35. The van der Waals surface area contributed by atoms with E-state index in [1.807, 2.05) is 18.2 Å². The Balaban J connectivity index is 2.20. The molecule has 1 heteroatoms. The van der Waals surface area contributed by atoms with E-state index >= 15 is 0 Å². The lowest BCUT2D eigenvalue weighted by Gasteiger charge is -2.09. The Bertz CT molecular complexity index is 218. The SMILES string of the molecule is [CH2]C(CC)CCNc1ccccc1. The van der Waals surface area contributed by atoms with E-state index < -0.39 is 0 Å². The maximum absolute atomic E-state index is 4.05. The molecule has 0 aliphatic carbocycles. The van der Waals surface area contributed by atoms with E-state index in [2.05, 4.69) is 31.3 Å². The lowest BCUT2D eigenvalue weighted by Crippen LogP contribution is -2.05. The Morgan fingerprint density at radius 2 is 2.00 bits per heavy atom. The second-order valence-corrected chi connectivity index (χ2v) is 3.36. The van der Waals surface area contributed by atoms with Crippen molar-refractivity contribution in [3.63, 3.8) is 0 Å². The normalized spacial score (nSPS) is 12.5. The first-order valence-electron chi connectivity index (χ1n) is 4.95. The standard InChI is InChI=1S/C12H18N/c1-3-11(2)9-10-13-12-7-5-4-6-8-12/h4-8,11,13H,2-3,9-10H2,1H3. The molecule has 71 valence electrons. The van der Waals surface area contributed by atoms with Crippen molar-refractivity contribution in [3.05, 3.63) is 37.3 Å². The fourth-order valence-electron chi connectivity index (χ4n) is 1.18. The quantitative estimate of drug-likeness (QED) is 0.725. The second-order valence-electron chi connectivity index (χ2n) is 3.36. The summed E-state index contributed by atoms with van der Waals surface area (Å²) in [7, 11) is 0. The second kappa shape index (κ2) is 5.63. The lowest BCUT2D eigenvalue weighted by molar-refractivity contribution is 0.586. The molecular weight excluding hydrogens is 158 g/mol. The monoisotopic (exact) mass is 176 g/mol. The van der Waals surface area contributed by atoms with Crippen LogP contribution < -0.4 is 5.32 Å². The summed E-state index contributed by atoms with van der Waals surface area (Å²) in [6.45, 7) is 7.25. The molecule has 1 nitrogen and oxygen atoms in total. The van der Waals surface area contributed by atoms with Crippen LogP contribution in [0.5, 0.6) is 0 Å². The molecule has 0 spiro atoms. The van der Waals surface area contributed by atoms with Crippen LogP contribution in [0.25, 0.3) is 0 Å². The minimum Gasteiger partial charge on any atom is -0.385 e. The smallest absolute Gasteiger partial charge is 0.0340 e. The number of rotatable bonds is 5. The molecule has 1 aromatic rings. The van der Waals surface area contributed by atoms with Gasteiger partial charge in [0.2, 0.25) is 0 Å². The molecular formula is C12H18N. The molecule has 1 rings (SSSR count). The minimum atomic E-state index is 0.580. The first-order chi connectivity index (χ1) is 6.33. The molecule has 0 amide bonds. The molecule has 0 aliphatic rings. The van der Waals surface area contributed by atoms with Crippen LogP contribution in [0.2, 0.25) is 0 Å². The van der Waals surface area contributed by atoms with E-state index in [0.717, 1.165) is 19.4 Å². The third-order valence-electron chi connectivity index (χ3n) is 2.23. The average molecular weight is 176 g/mol. The van der Waals surface area contributed by atoms with Gasteiger partial charge in [0, 0.05) is 12.2 Å². The van der Waals surface area contributed by atoms with Gasteiger partial charge in [-0.05, 0) is 24.5 Å². The number of hydrogen-bond acceptors (Lipinski definition) is 1. The number of benzene rings is 1. The molecule has 13 heavy (non-hydrogen) atoms. The van der Waals surface area contributed by atoms with E-state index in [-0.39, 0.29) is 0 Å². The van der Waals surface area contributed by atoms with Crippen molar-refractivity contribution >= 4 is 5.69 Å². The van der Waals surface area contributed by atoms with Crippen molar-refractivity contribution < 1.29 is 0 Å². The van der Waals surface area contributed by atoms with Crippen LogP contribution in [-0.4, -0.2) is 6.54 Å². The zero-order chi connectivity index (χ0) is 9.52. The zero-order valence-electron chi connectivity index (χ0n) is 8.29. The van der Waals surface area contributed by atoms with Gasteiger partial charge in [-0.2, -0.15) is 0 Å². The summed E-state index contributed by atoms with van der Waals surface area (Å²) in [6.07, 6.45) is 2.31. The highest BCUT2D eigenvalue weighted by atomic mass is 14.9. The van der Waals surface area contributed by atoms with Crippen LogP contribution in [0, 0.1) is 12.8 Å². The molecule has 1 aromatic carbocycles. The largest absolute Gasteiger partial charge is 0.385 e. The van der Waals surface area contributed by atoms with E-state index in [9.17, 15) is 0 Å². The summed E-state index contributed by atoms with van der Waals surface area (Å²) in [6, 6.07) is 10.3. The highest BCUT2D eigenvalue weighted by Gasteiger charge is 1.97. The summed E-state index contributed by atoms with van der Waals surface area (Å²) in [4.78, 5) is 0. The van der Waals surface area contributed by atoms with Gasteiger partial charge in [0.15, 0.2) is 0 Å². The summed E-state index contributed by atoms with van der Waals surface area (Å²) in [5, 5.41) is 3.37. The lowest BCUT2D eigenvalue weighted by atomic mass is 10.1. The van der Waals surface area contributed by atoms with Gasteiger partial charge in [-0.25, -0.2) is 0 Å². The van der Waals surface area contributed by atoms with Crippen molar-refractivity contribution in [2.75, 3.05) is 11.9 Å². The summed E-state index contributed by atoms with van der Waals surface area (Å²) >= 11 is 0. The molecule has 0 bridgehead atoms. The first kappa shape index (κ1) is 10.1. The van der Waals surface area contributed by atoms with Crippen molar-refractivity contribution in [2.45, 2.75) is 19.8 Å². The van der Waals surface area contributed by atoms with E-state index in [4.69, 9.17) is 0 Å². The number of anilines is 1. The third kappa shape index (κ3) is 3.97. The van der Waals surface area contributed by atoms with Crippen LogP contribution >= 0.6 is 0 Å². The van der Waals surface area contributed by atoms with Crippen molar-refractivity contribution in [2.24, 2.45) is 5.92 Å². The Labute approximate surface area is 81.2 Å². The van der Waals surface area contributed by atoms with E-state index in [0.29, 0.717) is 5.92 Å². The van der Waals surface area contributed by atoms with Crippen LogP contribution in [0.1, 0.15) is 19.8 Å². The van der Waals surface area contributed by atoms with Crippen molar-refractivity contribution in [1.29, 1.82) is 0 Å². The Kier molecular flexibility index (Phi) is 4.37. The maximum Gasteiger partial charge on any atom is 0.0340 e. The molecule has 0 fully saturated rings. The Hall–Kier alpha value is -0.980. The number of hydrogen-bond donors (Lipinski definition) is 1. The summed E-state index contributed by atoms with van der Waals surface area (Å²) < 4.78 is 0. The minimum absolute atomic E-state index is 0.580. The average Bonchev–Trinajstić information content (AvgIpc) is 2.19. The molecule has 1 unspecified atom stereocenters. The molecule has 0 aromatic heterocycles. The number of nitrogens with one attached hydrogen (secondary N) is 1. The predicted molar refractivity (Wildman–Crippen MR) is 58.7 cm³/mol. The summed E-state index contributed by atoms with van der Waals surface area (Å²) in [5.74, 6) is 0.580. The Morgan fingerprint density at radius 1 is 1.31 bits per heavy atom. The van der Waals surface area contributed by atoms with Crippen LogP contribution in [0.15, 0.2) is 30.3 Å². The van der Waals surface area contributed by atoms with Crippen molar-refractivity contribution in [1.82, 2.24) is 0 Å². The summed E-state index contributed by atoms with van der Waals surface area (Å²) in [5.41, 5.74) is 1.20. The molecule has 0 heterocycles. The van der Waals surface area contributed by atoms with Gasteiger partial charge in [-0.3, -0.25) is 0 Å². The first-order valence-corrected chi connectivity index (χ1v) is 4.95. The van der Waals surface area contributed by atoms with Gasteiger partial charge in [-0.1, -0.05) is 38.5 Å². The fraction of sp³-hybridized carbons (Fsp3) is 0.417. The van der Waals surface area contributed by atoms with Crippen LogP contribution in [0.3, 0.4) is 0 Å². The van der Waals surface area contributed by atoms with Gasteiger partial charge in [0.1, 0.15) is 0 Å². The van der Waals surface area contributed by atoms with Gasteiger partial charge >= 0.3 is 0 Å². The van der Waals surface area contributed by atoms with Gasteiger partial charge in [0.25, 0.3) is 0 Å². The molecule has 0 saturated carbocycles. The molecule has 0 aliphatic heterocycles. The van der Waals surface area contributed by atoms with Crippen LogP contribution in [0.4, 0.5) is 5.69 Å².